The van der Waals surface area contributed by atoms with Gasteiger partial charge in [-0.1, -0.05) is 12.7 Å². The van der Waals surface area contributed by atoms with E-state index in [0.29, 0.717) is 0 Å². The van der Waals surface area contributed by atoms with Crippen LogP contribution >= 0.6 is 0 Å². The number of carbonyl (C=O) groups is 1. The molecule has 2 N–H and O–H groups in total. The van der Waals surface area contributed by atoms with E-state index in [0.717, 1.165) is 48.4 Å². The average molecular weight is 385 g/mol. The van der Waals surface area contributed by atoms with Crippen molar-refractivity contribution in [2.45, 2.75) is 32.8 Å². The number of Topliss-reactive ketones (excluding diaryl/α,β-unsaturated/α-hetero) is 1. The molecular weight excluding hydrogens is 352 g/mol. The zero-order valence-electron chi connectivity index (χ0n) is 17.2. The molecule has 1 saturated carbocycles. The highest BCUT2D eigenvalue weighted by atomic mass is 16.5. The summed E-state index contributed by atoms with van der Waals surface area (Å²) in [5, 5.41) is 0. The first-order chi connectivity index (χ1) is 13.5. The molecule has 1 aromatic carbocycles. The van der Waals surface area contributed by atoms with Gasteiger partial charge in [-0.3, -0.25) is 4.79 Å². The van der Waals surface area contributed by atoms with Gasteiger partial charge in [-0.2, -0.15) is 0 Å². The number of allylic oxidation sites excluding steroid dienone is 4. The predicted octanol–water partition coefficient (Wildman–Crippen LogP) is 4.07. The third kappa shape index (κ3) is 6.57. The van der Waals surface area contributed by atoms with Gasteiger partial charge in [-0.15, -0.1) is 0 Å². The van der Waals surface area contributed by atoms with E-state index in [1.807, 2.05) is 43.3 Å². The van der Waals surface area contributed by atoms with E-state index >= 15 is 0 Å². The van der Waals surface area contributed by atoms with Crippen molar-refractivity contribution in [1.29, 1.82) is 0 Å². The Balaban J connectivity index is 0.00000136. The van der Waals surface area contributed by atoms with Gasteiger partial charge in [0.2, 0.25) is 0 Å². The maximum Gasteiger partial charge on any atom is 0.159 e. The van der Waals surface area contributed by atoms with Crippen LogP contribution in [0.2, 0.25) is 0 Å². The van der Waals surface area contributed by atoms with Crippen LogP contribution in [0.15, 0.2) is 60.6 Å². The van der Waals surface area contributed by atoms with Gasteiger partial charge in [-0.25, -0.2) is 0 Å². The summed E-state index contributed by atoms with van der Waals surface area (Å²) in [4.78, 5) is 13.6. The van der Waals surface area contributed by atoms with E-state index in [2.05, 4.69) is 17.2 Å². The number of nitrogens with zero attached hydrogens (tertiary/aromatic N) is 1. The molecule has 2 fully saturated rings. The van der Waals surface area contributed by atoms with Crippen LogP contribution in [-0.4, -0.2) is 38.6 Å². The first-order valence-corrected chi connectivity index (χ1v) is 9.79. The second-order valence-electron chi connectivity index (χ2n) is 7.06. The molecule has 0 radical (unpaired) electrons. The number of hydrogen-bond acceptors (Lipinski definition) is 5. The SMILES string of the molecule is C=C/C=C(\C=C(/C)OCC1CC1)OC1CN(c2ccc(C(C)=O)cc2)C1.CN. The van der Waals surface area contributed by atoms with Crippen LogP contribution < -0.4 is 10.6 Å². The van der Waals surface area contributed by atoms with Gasteiger partial charge in [0, 0.05) is 17.3 Å². The number of nitrogens with two attached hydrogens (primary N) is 1. The van der Waals surface area contributed by atoms with Crippen molar-refractivity contribution in [3.8, 4) is 0 Å². The topological polar surface area (TPSA) is 64.8 Å². The summed E-state index contributed by atoms with van der Waals surface area (Å²) in [5.74, 6) is 2.48. The maximum atomic E-state index is 11.4. The second kappa shape index (κ2) is 10.7. The van der Waals surface area contributed by atoms with Crippen LogP contribution in [0.3, 0.4) is 0 Å². The fourth-order valence-electron chi connectivity index (χ4n) is 2.84. The summed E-state index contributed by atoms with van der Waals surface area (Å²) in [7, 11) is 1.50. The van der Waals surface area contributed by atoms with Crippen LogP contribution in [-0.2, 0) is 9.47 Å². The van der Waals surface area contributed by atoms with Gasteiger partial charge in [0.1, 0.15) is 11.9 Å². The summed E-state index contributed by atoms with van der Waals surface area (Å²) < 4.78 is 11.8. The molecule has 28 heavy (non-hydrogen) atoms. The molecule has 0 unspecified atom stereocenters. The highest BCUT2D eigenvalue weighted by Gasteiger charge is 2.29. The molecule has 3 rings (SSSR count). The largest absolute Gasteiger partial charge is 0.498 e. The minimum atomic E-state index is 0.0895. The monoisotopic (exact) mass is 384 g/mol. The highest BCUT2D eigenvalue weighted by molar-refractivity contribution is 5.94. The van der Waals surface area contributed by atoms with E-state index in [1.54, 1.807) is 13.0 Å². The van der Waals surface area contributed by atoms with Crippen molar-refractivity contribution < 1.29 is 14.3 Å². The molecule has 5 heteroatoms. The van der Waals surface area contributed by atoms with Gasteiger partial charge < -0.3 is 20.1 Å². The second-order valence-corrected chi connectivity index (χ2v) is 7.06. The summed E-state index contributed by atoms with van der Waals surface area (Å²) in [6.45, 7) is 9.76. The number of rotatable bonds is 9. The number of hydrogen-bond donors (Lipinski definition) is 1. The summed E-state index contributed by atoms with van der Waals surface area (Å²) >= 11 is 0. The lowest BCUT2D eigenvalue weighted by atomic mass is 10.1. The first kappa shape index (κ1) is 21.8. The molecule has 0 spiro atoms. The first-order valence-electron chi connectivity index (χ1n) is 9.79. The molecule has 0 amide bonds. The van der Waals surface area contributed by atoms with Crippen LogP contribution in [0.4, 0.5) is 5.69 Å². The zero-order valence-corrected chi connectivity index (χ0v) is 17.2. The predicted molar refractivity (Wildman–Crippen MR) is 114 cm³/mol. The lowest BCUT2D eigenvalue weighted by molar-refractivity contribution is 0.0966. The average Bonchev–Trinajstić information content (AvgIpc) is 3.49. The van der Waals surface area contributed by atoms with E-state index < -0.39 is 0 Å². The van der Waals surface area contributed by atoms with Crippen LogP contribution in [0.5, 0.6) is 0 Å². The normalized spacial score (nSPS) is 17.2. The molecule has 1 heterocycles. The van der Waals surface area contributed by atoms with Crippen molar-refractivity contribution in [2.24, 2.45) is 11.7 Å². The Bertz CT molecular complexity index is 712. The van der Waals surface area contributed by atoms with Gasteiger partial charge >= 0.3 is 0 Å². The van der Waals surface area contributed by atoms with Gasteiger partial charge in [0.25, 0.3) is 0 Å². The minimum absolute atomic E-state index is 0.0895. The molecule has 0 atom stereocenters. The summed E-state index contributed by atoms with van der Waals surface area (Å²) in [5.41, 5.74) is 6.36. The van der Waals surface area contributed by atoms with Crippen molar-refractivity contribution in [2.75, 3.05) is 31.6 Å². The maximum absolute atomic E-state index is 11.4. The van der Waals surface area contributed by atoms with Gasteiger partial charge in [0.05, 0.1) is 25.5 Å². The highest BCUT2D eigenvalue weighted by Crippen LogP contribution is 2.30. The Morgan fingerprint density at radius 2 is 1.86 bits per heavy atom. The molecule has 1 aromatic rings. The molecule has 1 aliphatic carbocycles. The third-order valence-corrected chi connectivity index (χ3v) is 4.66. The number of ether oxygens (including phenoxy) is 2. The molecule has 1 aliphatic heterocycles. The third-order valence-electron chi connectivity index (χ3n) is 4.66. The minimum Gasteiger partial charge on any atom is -0.498 e. The number of benzene rings is 1. The van der Waals surface area contributed by atoms with Gasteiger partial charge in [-0.05, 0) is 70.0 Å². The van der Waals surface area contributed by atoms with Crippen molar-refractivity contribution in [3.63, 3.8) is 0 Å². The molecule has 1 saturated heterocycles. The lowest BCUT2D eigenvalue weighted by Crippen LogP contribution is -2.52. The van der Waals surface area contributed by atoms with E-state index in [4.69, 9.17) is 9.47 Å². The number of carbonyl (C=O) groups excluding carboxylic acids is 1. The Kier molecular flexibility index (Phi) is 8.33. The van der Waals surface area contributed by atoms with E-state index in [9.17, 15) is 4.79 Å². The van der Waals surface area contributed by atoms with Crippen molar-refractivity contribution >= 4 is 11.5 Å². The standard InChI is InChI=1S/C22H27NO3.CH5N/c1-4-5-21(12-16(2)25-15-18-6-7-18)26-22-13-23(14-22)20-10-8-19(9-11-20)17(3)24;1-2/h4-5,8-12,18,22H,1,6-7,13-15H2,2-3H3;2H2,1H3/b16-12+,21-5+;. The van der Waals surface area contributed by atoms with Crippen LogP contribution in [0.1, 0.15) is 37.0 Å². The molecule has 0 bridgehead atoms. The van der Waals surface area contributed by atoms with Crippen LogP contribution in [0, 0.1) is 5.92 Å². The van der Waals surface area contributed by atoms with Gasteiger partial charge in [0.15, 0.2) is 5.78 Å². The summed E-state index contributed by atoms with van der Waals surface area (Å²) in [6, 6.07) is 7.73. The Labute approximate surface area is 168 Å². The van der Waals surface area contributed by atoms with Crippen molar-refractivity contribution in [3.05, 3.63) is 66.2 Å². The molecule has 152 valence electrons. The van der Waals surface area contributed by atoms with E-state index in [1.165, 1.54) is 19.9 Å². The summed E-state index contributed by atoms with van der Waals surface area (Å²) in [6.07, 6.45) is 8.25. The Morgan fingerprint density at radius 1 is 1.21 bits per heavy atom. The fraction of sp³-hybridized carbons (Fsp3) is 0.435. The lowest BCUT2D eigenvalue weighted by Gasteiger charge is -2.41. The molecule has 0 aromatic heterocycles. The zero-order chi connectivity index (χ0) is 20.5. The molecular formula is C23H32N2O3. The Morgan fingerprint density at radius 3 is 2.39 bits per heavy atom. The van der Waals surface area contributed by atoms with Crippen LogP contribution in [0.25, 0.3) is 0 Å². The molecule has 2 aliphatic rings. The Hall–Kier alpha value is -2.53. The van der Waals surface area contributed by atoms with Crippen molar-refractivity contribution in [1.82, 2.24) is 0 Å². The number of anilines is 1. The fourth-order valence-corrected chi connectivity index (χ4v) is 2.84. The smallest absolute Gasteiger partial charge is 0.159 e. The van der Waals surface area contributed by atoms with E-state index in [-0.39, 0.29) is 11.9 Å². The molecule has 5 nitrogen and oxygen atoms in total. The quantitative estimate of drug-likeness (QED) is 0.395. The number of ketones is 1.